The summed E-state index contributed by atoms with van der Waals surface area (Å²) in [5.74, 6) is 1.29. The predicted octanol–water partition coefficient (Wildman–Crippen LogP) is 2.54. The zero-order valence-corrected chi connectivity index (χ0v) is 17.2. The lowest BCUT2D eigenvalue weighted by molar-refractivity contribution is -0.767. The molecular weight excluding hydrogens is 400 g/mol. The molecule has 0 spiro atoms. The van der Waals surface area contributed by atoms with Gasteiger partial charge in [-0.3, -0.25) is 14.4 Å². The molecule has 0 radical (unpaired) electrons. The number of hydrogen-bond donors (Lipinski definition) is 0. The highest BCUT2D eigenvalue weighted by Crippen LogP contribution is 2.29. The second-order valence-electron chi connectivity index (χ2n) is 6.19. The van der Waals surface area contributed by atoms with Gasteiger partial charge in [-0.2, -0.15) is 4.98 Å². The number of aromatic nitrogens is 3. The van der Waals surface area contributed by atoms with Crippen LogP contribution in [0, 0.1) is 24.0 Å². The van der Waals surface area contributed by atoms with E-state index >= 15 is 0 Å². The van der Waals surface area contributed by atoms with E-state index in [4.69, 9.17) is 9.47 Å². The molecule has 10 nitrogen and oxygen atoms in total. The standard InChI is InChI=1S/C18H20N4O6S/c1-11-8-19-15(12(2)17(11)27-4)9-29(25)18-20-14-6-5-13(26-3)7-16(14)21(18)10-28-22(23)24/h5-8H,9-10H2,1-4H3. The van der Waals surface area contributed by atoms with Crippen LogP contribution in [0.4, 0.5) is 0 Å². The van der Waals surface area contributed by atoms with Gasteiger partial charge in [0.05, 0.1) is 30.9 Å². The zero-order valence-electron chi connectivity index (χ0n) is 16.4. The smallest absolute Gasteiger partial charge is 0.326 e. The van der Waals surface area contributed by atoms with Gasteiger partial charge in [0.15, 0.2) is 12.5 Å². The van der Waals surface area contributed by atoms with Crippen molar-refractivity contribution in [3.63, 3.8) is 0 Å². The second-order valence-corrected chi connectivity index (χ2v) is 7.54. The Balaban J connectivity index is 2.01. The van der Waals surface area contributed by atoms with Gasteiger partial charge in [-0.25, -0.2) is 0 Å². The van der Waals surface area contributed by atoms with E-state index in [-0.39, 0.29) is 10.9 Å². The summed E-state index contributed by atoms with van der Waals surface area (Å²) in [4.78, 5) is 24.0. The highest BCUT2D eigenvalue weighted by molar-refractivity contribution is 7.90. The normalized spacial score (nSPS) is 12.0. The van der Waals surface area contributed by atoms with Crippen molar-refractivity contribution in [2.75, 3.05) is 14.2 Å². The molecule has 3 rings (SSSR count). The molecule has 2 heterocycles. The van der Waals surface area contributed by atoms with E-state index in [1.807, 2.05) is 13.8 Å². The van der Waals surface area contributed by atoms with E-state index in [2.05, 4.69) is 14.8 Å². The van der Waals surface area contributed by atoms with Crippen LogP contribution in [0.25, 0.3) is 11.0 Å². The molecule has 0 amide bonds. The summed E-state index contributed by atoms with van der Waals surface area (Å²) in [6.07, 6.45) is 1.65. The number of rotatable bonds is 8. The van der Waals surface area contributed by atoms with Crippen molar-refractivity contribution in [1.29, 1.82) is 0 Å². The molecule has 29 heavy (non-hydrogen) atoms. The fourth-order valence-corrected chi connectivity index (χ4v) is 4.28. The molecule has 1 atom stereocenters. The van der Waals surface area contributed by atoms with Crippen LogP contribution in [-0.4, -0.2) is 38.4 Å². The summed E-state index contributed by atoms with van der Waals surface area (Å²) in [6, 6.07) is 5.05. The Hall–Kier alpha value is -3.05. The van der Waals surface area contributed by atoms with Gasteiger partial charge in [0.2, 0.25) is 0 Å². The minimum atomic E-state index is -1.64. The molecule has 0 saturated carbocycles. The van der Waals surface area contributed by atoms with E-state index in [1.54, 1.807) is 31.5 Å². The van der Waals surface area contributed by atoms with E-state index in [0.717, 1.165) is 11.1 Å². The molecule has 1 aromatic carbocycles. The quantitative estimate of drug-likeness (QED) is 0.309. The Morgan fingerprint density at radius 1 is 1.24 bits per heavy atom. The predicted molar refractivity (Wildman–Crippen MR) is 105 cm³/mol. The molecule has 11 heteroatoms. The van der Waals surface area contributed by atoms with Gasteiger partial charge >= 0.3 is 5.16 Å². The third-order valence-corrected chi connectivity index (χ3v) is 5.69. The highest BCUT2D eigenvalue weighted by atomic mass is 32.2. The van der Waals surface area contributed by atoms with Crippen LogP contribution in [-0.2, 0) is 28.5 Å². The summed E-state index contributed by atoms with van der Waals surface area (Å²) >= 11 is -1.64. The van der Waals surface area contributed by atoms with Gasteiger partial charge < -0.3 is 14.0 Å². The number of aryl methyl sites for hydroxylation is 1. The Labute approximate surface area is 169 Å². The molecule has 0 aliphatic carbocycles. The van der Waals surface area contributed by atoms with Crippen LogP contribution in [0.3, 0.4) is 0 Å². The first kappa shape index (κ1) is 20.7. The zero-order chi connectivity index (χ0) is 21.1. The molecule has 1 unspecified atom stereocenters. The van der Waals surface area contributed by atoms with Crippen molar-refractivity contribution < 1.29 is 24.0 Å². The monoisotopic (exact) mass is 420 g/mol. The lowest BCUT2D eigenvalue weighted by atomic mass is 10.1. The van der Waals surface area contributed by atoms with Gasteiger partial charge in [-0.05, 0) is 26.0 Å². The molecule has 0 N–H and O–H groups in total. The molecule has 0 aliphatic heterocycles. The average Bonchev–Trinajstić information content (AvgIpc) is 3.06. The minimum Gasteiger partial charge on any atom is -0.609 e. The Morgan fingerprint density at radius 3 is 2.66 bits per heavy atom. The SMILES string of the molecule is COc1ccc2nc([S+]([O-])Cc3ncc(C)c(OC)c3C)n(CO[N+](=O)[O-])c2c1. The van der Waals surface area contributed by atoms with Gasteiger partial charge in [0, 0.05) is 34.6 Å². The summed E-state index contributed by atoms with van der Waals surface area (Å²) in [5.41, 5.74) is 3.29. The maximum Gasteiger partial charge on any atom is 0.326 e. The lowest BCUT2D eigenvalue weighted by Crippen LogP contribution is -2.17. The summed E-state index contributed by atoms with van der Waals surface area (Å²) in [5, 5.41) is 9.94. The fourth-order valence-electron chi connectivity index (χ4n) is 3.02. The van der Waals surface area contributed by atoms with Crippen molar-refractivity contribution in [2.24, 2.45) is 0 Å². The molecule has 3 aromatic rings. The maximum absolute atomic E-state index is 13.1. The van der Waals surface area contributed by atoms with Gasteiger partial charge in [-0.15, -0.1) is 10.1 Å². The first-order chi connectivity index (χ1) is 13.8. The van der Waals surface area contributed by atoms with E-state index in [1.165, 1.54) is 11.7 Å². The fraction of sp³-hybridized carbons (Fsp3) is 0.333. The molecule has 0 fully saturated rings. The largest absolute Gasteiger partial charge is 0.609 e. The maximum atomic E-state index is 13.1. The number of fused-ring (bicyclic) bond motifs is 1. The molecule has 0 bridgehead atoms. The Morgan fingerprint density at radius 2 is 2.00 bits per heavy atom. The van der Waals surface area contributed by atoms with Crippen molar-refractivity contribution in [3.05, 3.63) is 51.3 Å². The number of pyridine rings is 1. The summed E-state index contributed by atoms with van der Waals surface area (Å²) in [7, 11) is 3.07. The van der Waals surface area contributed by atoms with Crippen molar-refractivity contribution >= 4 is 22.2 Å². The lowest BCUT2D eigenvalue weighted by Gasteiger charge is -2.15. The van der Waals surface area contributed by atoms with Gasteiger partial charge in [-0.1, -0.05) is 0 Å². The van der Waals surface area contributed by atoms with E-state index in [9.17, 15) is 14.7 Å². The Kier molecular flexibility index (Phi) is 6.09. The molecule has 154 valence electrons. The van der Waals surface area contributed by atoms with Crippen molar-refractivity contribution in [1.82, 2.24) is 14.5 Å². The number of methoxy groups -OCH3 is 2. The first-order valence-electron chi connectivity index (χ1n) is 8.54. The number of nitrogens with zero attached hydrogens (tertiary/aromatic N) is 4. The molecule has 0 saturated heterocycles. The second kappa shape index (κ2) is 8.53. The third kappa shape index (κ3) is 4.20. The van der Waals surface area contributed by atoms with Crippen LogP contribution >= 0.6 is 0 Å². The van der Waals surface area contributed by atoms with Crippen molar-refractivity contribution in [2.45, 2.75) is 31.5 Å². The van der Waals surface area contributed by atoms with Crippen LogP contribution in [0.5, 0.6) is 11.5 Å². The highest BCUT2D eigenvalue weighted by Gasteiger charge is 2.25. The van der Waals surface area contributed by atoms with Crippen LogP contribution < -0.4 is 9.47 Å². The topological polar surface area (TPSA) is 125 Å². The van der Waals surface area contributed by atoms with E-state index < -0.39 is 23.0 Å². The minimum absolute atomic E-state index is 0.0708. The third-order valence-electron chi connectivity index (χ3n) is 4.43. The van der Waals surface area contributed by atoms with Crippen LogP contribution in [0.1, 0.15) is 16.8 Å². The number of benzene rings is 1. The first-order valence-corrected chi connectivity index (χ1v) is 9.86. The van der Waals surface area contributed by atoms with Gasteiger partial charge in [0.25, 0.3) is 5.09 Å². The van der Waals surface area contributed by atoms with Gasteiger partial charge in [0.1, 0.15) is 11.5 Å². The Bertz CT molecular complexity index is 1050. The number of imidazole rings is 1. The van der Waals surface area contributed by atoms with E-state index in [0.29, 0.717) is 28.2 Å². The molecule has 2 aromatic heterocycles. The van der Waals surface area contributed by atoms with Crippen LogP contribution in [0.15, 0.2) is 29.6 Å². The summed E-state index contributed by atoms with van der Waals surface area (Å²) < 4.78 is 25.1. The number of ether oxygens (including phenoxy) is 2. The average molecular weight is 420 g/mol. The number of hydrogen-bond acceptors (Lipinski definition) is 8. The molecular formula is C18H20N4O6S. The molecule has 0 aliphatic rings. The summed E-state index contributed by atoms with van der Waals surface area (Å²) in [6.45, 7) is 3.28. The van der Waals surface area contributed by atoms with Crippen molar-refractivity contribution in [3.8, 4) is 11.5 Å². The van der Waals surface area contributed by atoms with Crippen LogP contribution in [0.2, 0.25) is 0 Å².